The van der Waals surface area contributed by atoms with Crippen LogP contribution in [0.25, 0.3) is 0 Å². The number of benzene rings is 1. The molecule has 0 spiro atoms. The molecule has 1 N–H and O–H groups in total. The lowest BCUT2D eigenvalue weighted by Gasteiger charge is -2.22. The van der Waals surface area contributed by atoms with Crippen LogP contribution in [-0.2, 0) is 20.6 Å². The molecule has 4 atom stereocenters. The van der Waals surface area contributed by atoms with Gasteiger partial charge in [0.2, 0.25) is 0 Å². The highest BCUT2D eigenvalue weighted by atomic mass is 16.6. The Morgan fingerprint density at radius 1 is 0.970 bits per heavy atom. The molecule has 33 heavy (non-hydrogen) atoms. The minimum absolute atomic E-state index is 0.00433. The van der Waals surface area contributed by atoms with E-state index in [1.54, 1.807) is 6.92 Å². The highest BCUT2D eigenvalue weighted by Crippen LogP contribution is 2.23. The fourth-order valence-corrected chi connectivity index (χ4v) is 3.61. The SMILES string of the molecule is CC(O)COC(C)COC(C)COCCN(C)c1ccc(CC2C=CC(N(C)C)=CC2)cc1. The van der Waals surface area contributed by atoms with E-state index in [4.69, 9.17) is 14.2 Å². The summed E-state index contributed by atoms with van der Waals surface area (Å²) in [6, 6.07) is 8.87. The Morgan fingerprint density at radius 2 is 1.64 bits per heavy atom. The van der Waals surface area contributed by atoms with Gasteiger partial charge < -0.3 is 29.1 Å². The van der Waals surface area contributed by atoms with Crippen molar-refractivity contribution in [2.45, 2.75) is 51.9 Å². The molecule has 6 heteroatoms. The molecule has 0 radical (unpaired) electrons. The molecule has 0 aromatic heterocycles. The van der Waals surface area contributed by atoms with E-state index < -0.39 is 6.10 Å². The van der Waals surface area contributed by atoms with Crippen molar-refractivity contribution in [2.24, 2.45) is 5.92 Å². The number of likely N-dealkylation sites (N-methyl/N-ethyl adjacent to an activating group) is 2. The van der Waals surface area contributed by atoms with Crippen molar-refractivity contribution in [3.8, 4) is 0 Å². The lowest BCUT2D eigenvalue weighted by atomic mass is 9.92. The van der Waals surface area contributed by atoms with Crippen LogP contribution in [0.1, 0.15) is 32.8 Å². The summed E-state index contributed by atoms with van der Waals surface area (Å²) in [5, 5.41) is 9.26. The van der Waals surface area contributed by atoms with E-state index in [9.17, 15) is 5.11 Å². The summed E-state index contributed by atoms with van der Waals surface area (Å²) >= 11 is 0. The van der Waals surface area contributed by atoms with E-state index in [-0.39, 0.29) is 12.2 Å². The largest absolute Gasteiger partial charge is 0.391 e. The third kappa shape index (κ3) is 10.7. The maximum atomic E-state index is 9.26. The molecule has 1 aromatic carbocycles. The van der Waals surface area contributed by atoms with Crippen molar-refractivity contribution in [1.29, 1.82) is 0 Å². The van der Waals surface area contributed by atoms with Gasteiger partial charge in [-0.1, -0.05) is 24.3 Å². The maximum absolute atomic E-state index is 9.26. The van der Waals surface area contributed by atoms with E-state index in [1.807, 2.05) is 13.8 Å². The molecule has 1 aliphatic rings. The molecule has 2 rings (SSSR count). The Hall–Kier alpha value is -1.86. The van der Waals surface area contributed by atoms with Gasteiger partial charge in [-0.2, -0.15) is 0 Å². The van der Waals surface area contributed by atoms with Crippen LogP contribution in [0.5, 0.6) is 0 Å². The van der Waals surface area contributed by atoms with E-state index in [2.05, 4.69) is 73.4 Å². The highest BCUT2D eigenvalue weighted by molar-refractivity contribution is 5.47. The molecule has 186 valence electrons. The molecule has 6 nitrogen and oxygen atoms in total. The maximum Gasteiger partial charge on any atom is 0.0781 e. The van der Waals surface area contributed by atoms with Crippen molar-refractivity contribution in [3.63, 3.8) is 0 Å². The van der Waals surface area contributed by atoms with Crippen LogP contribution in [0.15, 0.2) is 48.2 Å². The molecular formula is C27H44N2O4. The molecule has 1 aromatic rings. The minimum Gasteiger partial charge on any atom is -0.391 e. The molecular weight excluding hydrogens is 416 g/mol. The first-order chi connectivity index (χ1) is 15.7. The van der Waals surface area contributed by atoms with E-state index in [1.165, 1.54) is 16.9 Å². The first-order valence-electron chi connectivity index (χ1n) is 12.1. The summed E-state index contributed by atoms with van der Waals surface area (Å²) in [6.07, 6.45) is 8.56. The first kappa shape index (κ1) is 27.4. The Morgan fingerprint density at radius 3 is 2.24 bits per heavy atom. The highest BCUT2D eigenvalue weighted by Gasteiger charge is 2.12. The number of rotatable bonds is 15. The molecule has 1 aliphatic carbocycles. The molecule has 0 heterocycles. The van der Waals surface area contributed by atoms with Gasteiger partial charge in [-0.15, -0.1) is 0 Å². The summed E-state index contributed by atoms with van der Waals surface area (Å²) in [5.74, 6) is 0.572. The zero-order valence-electron chi connectivity index (χ0n) is 21.4. The second-order valence-electron chi connectivity index (χ2n) is 9.38. The number of allylic oxidation sites excluding steroid dienone is 3. The van der Waals surface area contributed by atoms with Crippen LogP contribution >= 0.6 is 0 Å². The third-order valence-corrected chi connectivity index (χ3v) is 5.72. The molecule has 0 aliphatic heterocycles. The Bertz CT molecular complexity index is 730. The van der Waals surface area contributed by atoms with Crippen molar-refractivity contribution >= 4 is 5.69 Å². The Labute approximate surface area is 200 Å². The normalized spacial score (nSPS) is 18.5. The molecule has 0 saturated carbocycles. The standard InChI is InChI=1S/C27H44N2O4/c1-21(30)18-32-23(3)20-33-22(2)19-31-16-15-29(6)27-13-9-25(10-14-27)17-24-7-11-26(12-8-24)28(4)5/h7,9-14,21-24,30H,8,15-20H2,1-6H3. The topological polar surface area (TPSA) is 54.4 Å². The van der Waals surface area contributed by atoms with Crippen LogP contribution in [0.3, 0.4) is 0 Å². The van der Waals surface area contributed by atoms with Gasteiger partial charge in [0.1, 0.15) is 0 Å². The number of anilines is 1. The fraction of sp³-hybridized carbons (Fsp3) is 0.630. The summed E-state index contributed by atoms with van der Waals surface area (Å²) in [6.45, 7) is 8.50. The predicted octanol–water partition coefficient (Wildman–Crippen LogP) is 3.89. The first-order valence-corrected chi connectivity index (χ1v) is 12.1. The smallest absolute Gasteiger partial charge is 0.0781 e. The van der Waals surface area contributed by atoms with E-state index >= 15 is 0 Å². The van der Waals surface area contributed by atoms with Crippen molar-refractivity contribution < 1.29 is 19.3 Å². The van der Waals surface area contributed by atoms with Crippen molar-refractivity contribution in [2.75, 3.05) is 59.0 Å². The molecule has 0 bridgehead atoms. The second kappa shape index (κ2) is 14.4. The summed E-state index contributed by atoms with van der Waals surface area (Å²) in [4.78, 5) is 4.37. The van der Waals surface area contributed by atoms with Gasteiger partial charge in [0.05, 0.1) is 44.7 Å². The van der Waals surface area contributed by atoms with Gasteiger partial charge in [-0.25, -0.2) is 0 Å². The average Bonchev–Trinajstić information content (AvgIpc) is 2.79. The van der Waals surface area contributed by atoms with Gasteiger partial charge in [-0.3, -0.25) is 0 Å². The van der Waals surface area contributed by atoms with Gasteiger partial charge in [-0.05, 0) is 63.3 Å². The lowest BCUT2D eigenvalue weighted by Crippen LogP contribution is -2.27. The second-order valence-corrected chi connectivity index (χ2v) is 9.38. The fourth-order valence-electron chi connectivity index (χ4n) is 3.61. The summed E-state index contributed by atoms with van der Waals surface area (Å²) < 4.78 is 17.1. The number of ether oxygens (including phenoxy) is 3. The molecule has 4 unspecified atom stereocenters. The molecule has 0 fully saturated rings. The third-order valence-electron chi connectivity index (χ3n) is 5.72. The molecule has 0 saturated heterocycles. The van der Waals surface area contributed by atoms with Gasteiger partial charge in [0, 0.05) is 39.1 Å². The zero-order valence-corrected chi connectivity index (χ0v) is 21.4. The van der Waals surface area contributed by atoms with E-state index in [0.717, 1.165) is 19.4 Å². The van der Waals surface area contributed by atoms with Gasteiger partial charge >= 0.3 is 0 Å². The summed E-state index contributed by atoms with van der Waals surface area (Å²) in [5.41, 5.74) is 3.87. The summed E-state index contributed by atoms with van der Waals surface area (Å²) in [7, 11) is 6.27. The van der Waals surface area contributed by atoms with Crippen LogP contribution < -0.4 is 4.90 Å². The van der Waals surface area contributed by atoms with Crippen molar-refractivity contribution in [3.05, 3.63) is 53.8 Å². The average molecular weight is 461 g/mol. The monoisotopic (exact) mass is 460 g/mol. The van der Waals surface area contributed by atoms with Crippen LogP contribution in [0.4, 0.5) is 5.69 Å². The van der Waals surface area contributed by atoms with E-state index in [0.29, 0.717) is 32.3 Å². The van der Waals surface area contributed by atoms with Crippen LogP contribution in [0.2, 0.25) is 0 Å². The lowest BCUT2D eigenvalue weighted by molar-refractivity contribution is -0.0694. The number of hydrogen-bond acceptors (Lipinski definition) is 6. The molecule has 0 amide bonds. The zero-order chi connectivity index (χ0) is 24.2. The Kier molecular flexibility index (Phi) is 12.0. The van der Waals surface area contributed by atoms with Gasteiger partial charge in [0.25, 0.3) is 0 Å². The number of hydrogen-bond donors (Lipinski definition) is 1. The quantitative estimate of drug-likeness (QED) is 0.401. The van der Waals surface area contributed by atoms with Gasteiger partial charge in [0.15, 0.2) is 0 Å². The van der Waals surface area contributed by atoms with Crippen molar-refractivity contribution in [1.82, 2.24) is 4.90 Å². The number of nitrogens with zero attached hydrogens (tertiary/aromatic N) is 2. The minimum atomic E-state index is -0.454. The van der Waals surface area contributed by atoms with Crippen LogP contribution in [0, 0.1) is 5.92 Å². The number of aliphatic hydroxyl groups excluding tert-OH is 1. The number of aliphatic hydroxyl groups is 1. The van der Waals surface area contributed by atoms with Crippen LogP contribution in [-0.4, -0.2) is 82.4 Å². The Balaban J connectivity index is 1.62. The predicted molar refractivity (Wildman–Crippen MR) is 136 cm³/mol.